The zero-order valence-electron chi connectivity index (χ0n) is 9.97. The molecule has 0 radical (unpaired) electrons. The summed E-state index contributed by atoms with van der Waals surface area (Å²) >= 11 is 0. The highest BCUT2D eigenvalue weighted by Crippen LogP contribution is 2.16. The first-order valence-corrected chi connectivity index (χ1v) is 5.43. The molecule has 1 rings (SSSR count). The van der Waals surface area contributed by atoms with E-state index in [1.165, 1.54) is 7.11 Å². The topological polar surface area (TPSA) is 68.3 Å². The van der Waals surface area contributed by atoms with Crippen molar-refractivity contribution in [2.24, 2.45) is 0 Å². The number of hydrogen-bond acceptors (Lipinski definition) is 4. The Hall–Kier alpha value is -1.91. The number of nitrogens with zero attached hydrogens (tertiary/aromatic N) is 1. The van der Waals surface area contributed by atoms with Crippen LogP contribution in [0.15, 0.2) is 24.5 Å². The van der Waals surface area contributed by atoms with Gasteiger partial charge in [0.05, 0.1) is 19.6 Å². The van der Waals surface area contributed by atoms with Crippen molar-refractivity contribution in [1.82, 2.24) is 10.3 Å². The molecular weight excluding hydrogens is 220 g/mol. The molecule has 1 amide bonds. The van der Waals surface area contributed by atoms with Crippen molar-refractivity contribution in [3.8, 4) is 0 Å². The first-order valence-electron chi connectivity index (χ1n) is 5.43. The van der Waals surface area contributed by atoms with Crippen molar-refractivity contribution in [3.05, 3.63) is 30.1 Å². The quantitative estimate of drug-likeness (QED) is 0.780. The summed E-state index contributed by atoms with van der Waals surface area (Å²) in [7, 11) is 1.33. The van der Waals surface area contributed by atoms with Gasteiger partial charge in [-0.25, -0.2) is 0 Å². The van der Waals surface area contributed by atoms with Crippen LogP contribution < -0.4 is 5.32 Å². The van der Waals surface area contributed by atoms with Crippen molar-refractivity contribution in [2.75, 3.05) is 7.11 Å². The van der Waals surface area contributed by atoms with Crippen LogP contribution >= 0.6 is 0 Å². The molecule has 1 aromatic rings. The average Bonchev–Trinajstić information content (AvgIpc) is 2.38. The molecule has 0 aliphatic rings. The summed E-state index contributed by atoms with van der Waals surface area (Å²) in [6.45, 7) is 1.76. The molecule has 0 aliphatic heterocycles. The predicted molar refractivity (Wildman–Crippen MR) is 62.0 cm³/mol. The molecule has 0 aromatic carbocycles. The largest absolute Gasteiger partial charge is 0.469 e. The average molecular weight is 236 g/mol. The second-order valence-electron chi connectivity index (χ2n) is 3.53. The summed E-state index contributed by atoms with van der Waals surface area (Å²) in [5, 5.41) is 2.78. The van der Waals surface area contributed by atoms with E-state index in [9.17, 15) is 9.59 Å². The van der Waals surface area contributed by atoms with Gasteiger partial charge < -0.3 is 10.1 Å². The second-order valence-corrected chi connectivity index (χ2v) is 3.53. The second kappa shape index (κ2) is 6.62. The fourth-order valence-electron chi connectivity index (χ4n) is 1.39. The number of pyridine rings is 1. The number of hydrogen-bond donors (Lipinski definition) is 1. The molecule has 0 aliphatic carbocycles. The number of carbonyl (C=O) groups is 2. The van der Waals surface area contributed by atoms with Crippen molar-refractivity contribution in [1.29, 1.82) is 0 Å². The van der Waals surface area contributed by atoms with Crippen molar-refractivity contribution < 1.29 is 14.3 Å². The fourth-order valence-corrected chi connectivity index (χ4v) is 1.39. The fraction of sp³-hybridized carbons (Fsp3) is 0.417. The minimum absolute atomic E-state index is 0.101. The van der Waals surface area contributed by atoms with Crippen molar-refractivity contribution in [2.45, 2.75) is 25.8 Å². The Labute approximate surface area is 100 Å². The van der Waals surface area contributed by atoms with Crippen LogP contribution in [0.4, 0.5) is 0 Å². The normalized spacial score (nSPS) is 11.6. The van der Waals surface area contributed by atoms with Crippen molar-refractivity contribution in [3.63, 3.8) is 0 Å². The summed E-state index contributed by atoms with van der Waals surface area (Å²) in [5.41, 5.74) is 0.840. The molecule has 17 heavy (non-hydrogen) atoms. The van der Waals surface area contributed by atoms with Crippen LogP contribution in [0.1, 0.15) is 31.4 Å². The Kier molecular flexibility index (Phi) is 5.13. The number of carbonyl (C=O) groups excluding carboxylic acids is 2. The van der Waals surface area contributed by atoms with Crippen LogP contribution in [0.2, 0.25) is 0 Å². The maximum Gasteiger partial charge on any atom is 0.307 e. The third-order valence-electron chi connectivity index (χ3n) is 2.36. The van der Waals surface area contributed by atoms with E-state index in [0.717, 1.165) is 5.56 Å². The lowest BCUT2D eigenvalue weighted by Gasteiger charge is -2.17. The molecule has 1 unspecified atom stereocenters. The molecule has 5 nitrogen and oxygen atoms in total. The Bertz CT molecular complexity index is 361. The maximum absolute atomic E-state index is 11.4. The number of nitrogens with one attached hydrogen (secondary N) is 1. The highest BCUT2D eigenvalue weighted by Gasteiger charge is 2.17. The van der Waals surface area contributed by atoms with Gasteiger partial charge in [0, 0.05) is 18.8 Å². The lowest BCUT2D eigenvalue weighted by Crippen LogP contribution is -2.29. The van der Waals surface area contributed by atoms with Crippen LogP contribution in [-0.4, -0.2) is 24.0 Å². The third-order valence-corrected chi connectivity index (χ3v) is 2.36. The first-order chi connectivity index (χ1) is 8.17. The van der Waals surface area contributed by atoms with Gasteiger partial charge in [-0.2, -0.15) is 0 Å². The molecule has 92 valence electrons. The SMILES string of the molecule is CCC(=O)NC(CC(=O)OC)c1ccncc1. The number of aromatic nitrogens is 1. The van der Waals surface area contributed by atoms with E-state index in [1.54, 1.807) is 31.5 Å². The first kappa shape index (κ1) is 13.2. The number of methoxy groups -OCH3 is 1. The molecule has 0 saturated carbocycles. The smallest absolute Gasteiger partial charge is 0.307 e. The molecule has 1 atom stereocenters. The number of ether oxygens (including phenoxy) is 1. The lowest BCUT2D eigenvalue weighted by atomic mass is 10.1. The van der Waals surface area contributed by atoms with Gasteiger partial charge in [0.2, 0.25) is 5.91 Å². The van der Waals surface area contributed by atoms with Gasteiger partial charge in [-0.3, -0.25) is 14.6 Å². The van der Waals surface area contributed by atoms with Gasteiger partial charge in [0.1, 0.15) is 0 Å². The minimum atomic E-state index is -0.363. The maximum atomic E-state index is 11.4. The summed E-state index contributed by atoms with van der Waals surface area (Å²) in [6.07, 6.45) is 3.74. The van der Waals surface area contributed by atoms with E-state index >= 15 is 0 Å². The monoisotopic (exact) mass is 236 g/mol. The van der Waals surface area contributed by atoms with E-state index in [4.69, 9.17) is 0 Å². The zero-order valence-corrected chi connectivity index (χ0v) is 9.97. The Morgan fingerprint density at radius 3 is 2.59 bits per heavy atom. The zero-order chi connectivity index (χ0) is 12.7. The van der Waals surface area contributed by atoms with E-state index in [-0.39, 0.29) is 24.3 Å². The summed E-state index contributed by atoms with van der Waals surface area (Å²) in [5.74, 6) is -0.459. The van der Waals surface area contributed by atoms with Gasteiger partial charge in [0.15, 0.2) is 0 Å². The molecular formula is C12H16N2O3. The molecule has 0 fully saturated rings. The van der Waals surface area contributed by atoms with Gasteiger partial charge in [-0.05, 0) is 17.7 Å². The Morgan fingerprint density at radius 2 is 2.06 bits per heavy atom. The van der Waals surface area contributed by atoms with Gasteiger partial charge in [0.25, 0.3) is 0 Å². The summed E-state index contributed by atoms with van der Waals surface area (Å²) in [6, 6.07) is 3.17. The number of esters is 1. The van der Waals surface area contributed by atoms with E-state index in [0.29, 0.717) is 6.42 Å². The van der Waals surface area contributed by atoms with Crippen LogP contribution in [0.5, 0.6) is 0 Å². The van der Waals surface area contributed by atoms with Gasteiger partial charge in [-0.1, -0.05) is 6.92 Å². The highest BCUT2D eigenvalue weighted by atomic mass is 16.5. The van der Waals surface area contributed by atoms with Gasteiger partial charge in [-0.15, -0.1) is 0 Å². The van der Waals surface area contributed by atoms with Crippen LogP contribution in [0.3, 0.4) is 0 Å². The number of rotatable bonds is 5. The minimum Gasteiger partial charge on any atom is -0.469 e. The number of amides is 1. The Balaban J connectivity index is 2.79. The van der Waals surface area contributed by atoms with Crippen LogP contribution in [-0.2, 0) is 14.3 Å². The van der Waals surface area contributed by atoms with E-state index < -0.39 is 0 Å². The molecule has 1 aromatic heterocycles. The molecule has 0 bridgehead atoms. The summed E-state index contributed by atoms with van der Waals surface area (Å²) < 4.78 is 4.61. The molecule has 1 N–H and O–H groups in total. The van der Waals surface area contributed by atoms with Gasteiger partial charge >= 0.3 is 5.97 Å². The third kappa shape index (κ3) is 4.22. The Morgan fingerprint density at radius 1 is 1.41 bits per heavy atom. The lowest BCUT2D eigenvalue weighted by molar-refractivity contribution is -0.141. The van der Waals surface area contributed by atoms with E-state index in [1.807, 2.05) is 0 Å². The summed E-state index contributed by atoms with van der Waals surface area (Å²) in [4.78, 5) is 26.6. The molecule has 5 heteroatoms. The predicted octanol–water partition coefficient (Wildman–Crippen LogP) is 1.21. The molecule has 1 heterocycles. The van der Waals surface area contributed by atoms with Crippen LogP contribution in [0, 0.1) is 0 Å². The molecule has 0 spiro atoms. The highest BCUT2D eigenvalue weighted by molar-refractivity contribution is 5.77. The van der Waals surface area contributed by atoms with E-state index in [2.05, 4.69) is 15.0 Å². The standard InChI is InChI=1S/C12H16N2O3/c1-3-11(15)14-10(8-12(16)17-2)9-4-6-13-7-5-9/h4-7,10H,3,8H2,1-2H3,(H,14,15). The van der Waals surface area contributed by atoms with Crippen molar-refractivity contribution >= 4 is 11.9 Å². The van der Waals surface area contributed by atoms with Crippen LogP contribution in [0.25, 0.3) is 0 Å². The molecule has 0 saturated heterocycles.